The van der Waals surface area contributed by atoms with Crippen LogP contribution in [0.3, 0.4) is 0 Å². The summed E-state index contributed by atoms with van der Waals surface area (Å²) in [5, 5.41) is 0. The second-order valence-corrected chi connectivity index (χ2v) is 12.1. The number of esters is 2. The summed E-state index contributed by atoms with van der Waals surface area (Å²) < 4.78 is 17.1. The van der Waals surface area contributed by atoms with Crippen molar-refractivity contribution in [2.45, 2.75) is 194 Å². The van der Waals surface area contributed by atoms with E-state index in [4.69, 9.17) is 14.2 Å². The molecule has 0 amide bonds. The summed E-state index contributed by atoms with van der Waals surface area (Å²) in [6.45, 7) is 7.73. The Kier molecular flexibility index (Phi) is 33.0. The van der Waals surface area contributed by atoms with Crippen LogP contribution in [0.5, 0.6) is 0 Å². The molecule has 42 heavy (non-hydrogen) atoms. The van der Waals surface area contributed by atoms with Crippen LogP contribution < -0.4 is 0 Å². The van der Waals surface area contributed by atoms with E-state index in [1.807, 2.05) is 0 Å². The summed E-state index contributed by atoms with van der Waals surface area (Å²) in [5.74, 6) is -0.412. The highest BCUT2D eigenvalue weighted by atomic mass is 16.6. The molecule has 0 radical (unpaired) electrons. The number of unbranched alkanes of at least 4 members (excludes halogenated alkanes) is 20. The second-order valence-electron chi connectivity index (χ2n) is 12.1. The van der Waals surface area contributed by atoms with Crippen LogP contribution in [0, 0.1) is 0 Å². The number of carbonyl (C=O) groups is 2. The molecule has 5 nitrogen and oxygen atoms in total. The standard InChI is InChI=1S/C37H70O5/c1-4-7-10-13-16-18-19-20-22-24-27-30-36(38)41-34-35(33-40-32-29-26-23-17-14-11-8-5-2)42-37(39)31-28-25-21-15-12-9-6-3/h13,16,35H,4-12,14-15,17-34H2,1-3H3/b16-13-. The highest BCUT2D eigenvalue weighted by Gasteiger charge is 2.17. The maximum Gasteiger partial charge on any atom is 0.306 e. The third-order valence-corrected chi connectivity index (χ3v) is 7.80. The molecule has 0 rings (SSSR count). The molecule has 0 bridgehead atoms. The first kappa shape index (κ1) is 40.6. The Morgan fingerprint density at radius 2 is 0.952 bits per heavy atom. The average molecular weight is 595 g/mol. The van der Waals surface area contributed by atoms with Gasteiger partial charge < -0.3 is 14.2 Å². The maximum atomic E-state index is 12.5. The van der Waals surface area contributed by atoms with Gasteiger partial charge in [0.1, 0.15) is 6.61 Å². The van der Waals surface area contributed by atoms with Gasteiger partial charge in [-0.15, -0.1) is 0 Å². The molecular weight excluding hydrogens is 524 g/mol. The van der Waals surface area contributed by atoms with Crippen molar-refractivity contribution >= 4 is 11.9 Å². The lowest BCUT2D eigenvalue weighted by Crippen LogP contribution is -2.30. The Morgan fingerprint density at radius 3 is 1.52 bits per heavy atom. The molecule has 0 fully saturated rings. The van der Waals surface area contributed by atoms with Crippen LogP contribution in [-0.2, 0) is 23.8 Å². The van der Waals surface area contributed by atoms with Crippen molar-refractivity contribution < 1.29 is 23.8 Å². The number of hydrogen-bond acceptors (Lipinski definition) is 5. The van der Waals surface area contributed by atoms with Crippen molar-refractivity contribution in [3.63, 3.8) is 0 Å². The molecule has 5 heteroatoms. The topological polar surface area (TPSA) is 61.8 Å². The predicted molar refractivity (Wildman–Crippen MR) is 178 cm³/mol. The number of allylic oxidation sites excluding steroid dienone is 2. The van der Waals surface area contributed by atoms with Crippen molar-refractivity contribution in [2.75, 3.05) is 19.8 Å². The molecule has 1 unspecified atom stereocenters. The van der Waals surface area contributed by atoms with E-state index in [0.29, 0.717) is 26.1 Å². The molecule has 0 aromatic rings. The van der Waals surface area contributed by atoms with E-state index in [1.54, 1.807) is 0 Å². The Balaban J connectivity index is 4.19. The van der Waals surface area contributed by atoms with Crippen molar-refractivity contribution in [2.24, 2.45) is 0 Å². The number of ether oxygens (including phenoxy) is 3. The van der Waals surface area contributed by atoms with E-state index >= 15 is 0 Å². The summed E-state index contributed by atoms with van der Waals surface area (Å²) in [7, 11) is 0. The Bertz CT molecular complexity index is 603. The minimum atomic E-state index is -0.523. The van der Waals surface area contributed by atoms with E-state index in [1.165, 1.54) is 109 Å². The van der Waals surface area contributed by atoms with Crippen LogP contribution in [0.15, 0.2) is 12.2 Å². The molecular formula is C37H70O5. The normalized spacial score (nSPS) is 12.2. The van der Waals surface area contributed by atoms with Gasteiger partial charge in [0.15, 0.2) is 6.10 Å². The van der Waals surface area contributed by atoms with Gasteiger partial charge in [0.25, 0.3) is 0 Å². The summed E-state index contributed by atoms with van der Waals surface area (Å²) in [6.07, 6.45) is 33.5. The molecule has 1 atom stereocenters. The molecule has 0 aliphatic rings. The summed E-state index contributed by atoms with van der Waals surface area (Å²) in [5.41, 5.74) is 0. The van der Waals surface area contributed by atoms with Crippen LogP contribution in [0.4, 0.5) is 0 Å². The Hall–Kier alpha value is -1.36. The molecule has 0 aliphatic carbocycles. The fourth-order valence-electron chi connectivity index (χ4n) is 5.02. The zero-order valence-electron chi connectivity index (χ0n) is 28.3. The first-order valence-corrected chi connectivity index (χ1v) is 18.2. The SMILES string of the molecule is CCCC/C=C\CCCCCCCC(=O)OCC(COCCCCCCCCCC)OC(=O)CCCCCCCCC. The number of hydrogen-bond donors (Lipinski definition) is 0. The minimum Gasteiger partial charge on any atom is -0.462 e. The fraction of sp³-hybridized carbons (Fsp3) is 0.892. The highest BCUT2D eigenvalue weighted by molar-refractivity contribution is 5.70. The molecule has 0 aromatic carbocycles. The smallest absolute Gasteiger partial charge is 0.306 e. The molecule has 0 saturated carbocycles. The fourth-order valence-corrected chi connectivity index (χ4v) is 5.02. The predicted octanol–water partition coefficient (Wildman–Crippen LogP) is 11.2. The van der Waals surface area contributed by atoms with Gasteiger partial charge >= 0.3 is 11.9 Å². The van der Waals surface area contributed by atoms with Crippen LogP contribution in [0.1, 0.15) is 188 Å². The van der Waals surface area contributed by atoms with E-state index in [9.17, 15) is 9.59 Å². The van der Waals surface area contributed by atoms with Crippen LogP contribution in [0.25, 0.3) is 0 Å². The Labute approximate surface area is 261 Å². The lowest BCUT2D eigenvalue weighted by Gasteiger charge is -2.18. The first-order chi connectivity index (χ1) is 20.6. The monoisotopic (exact) mass is 595 g/mol. The van der Waals surface area contributed by atoms with Gasteiger partial charge in [-0.1, -0.05) is 148 Å². The number of rotatable bonds is 33. The van der Waals surface area contributed by atoms with E-state index in [-0.39, 0.29) is 18.5 Å². The zero-order chi connectivity index (χ0) is 30.8. The van der Waals surface area contributed by atoms with Crippen LogP contribution in [0.2, 0.25) is 0 Å². The van der Waals surface area contributed by atoms with Gasteiger partial charge in [-0.05, 0) is 38.5 Å². The van der Waals surface area contributed by atoms with Crippen LogP contribution >= 0.6 is 0 Å². The molecule has 0 spiro atoms. The van der Waals surface area contributed by atoms with Gasteiger partial charge in [-0.2, -0.15) is 0 Å². The van der Waals surface area contributed by atoms with Crippen LogP contribution in [-0.4, -0.2) is 37.9 Å². The summed E-state index contributed by atoms with van der Waals surface area (Å²) in [6, 6.07) is 0. The third-order valence-electron chi connectivity index (χ3n) is 7.80. The van der Waals surface area contributed by atoms with Gasteiger partial charge in [-0.25, -0.2) is 0 Å². The second kappa shape index (κ2) is 34.1. The molecule has 0 saturated heterocycles. The first-order valence-electron chi connectivity index (χ1n) is 18.2. The van der Waals surface area contributed by atoms with Crippen molar-refractivity contribution in [3.05, 3.63) is 12.2 Å². The number of carbonyl (C=O) groups excluding carboxylic acids is 2. The summed E-state index contributed by atoms with van der Waals surface area (Å²) in [4.78, 5) is 24.8. The van der Waals surface area contributed by atoms with Crippen molar-refractivity contribution in [3.8, 4) is 0 Å². The quantitative estimate of drug-likeness (QED) is 0.0429. The summed E-state index contributed by atoms with van der Waals surface area (Å²) >= 11 is 0. The van der Waals surface area contributed by atoms with Crippen molar-refractivity contribution in [1.82, 2.24) is 0 Å². The van der Waals surface area contributed by atoms with Crippen molar-refractivity contribution in [1.29, 1.82) is 0 Å². The lowest BCUT2D eigenvalue weighted by atomic mass is 10.1. The molecule has 0 heterocycles. The van der Waals surface area contributed by atoms with E-state index in [2.05, 4.69) is 32.9 Å². The largest absolute Gasteiger partial charge is 0.462 e. The third kappa shape index (κ3) is 31.6. The van der Waals surface area contributed by atoms with E-state index in [0.717, 1.165) is 44.9 Å². The molecule has 248 valence electrons. The van der Waals surface area contributed by atoms with Gasteiger partial charge in [0.2, 0.25) is 0 Å². The lowest BCUT2D eigenvalue weighted by molar-refractivity contribution is -0.163. The minimum absolute atomic E-state index is 0.0867. The van der Waals surface area contributed by atoms with Gasteiger partial charge in [0, 0.05) is 19.4 Å². The van der Waals surface area contributed by atoms with E-state index < -0.39 is 6.10 Å². The van der Waals surface area contributed by atoms with Gasteiger partial charge in [0.05, 0.1) is 6.61 Å². The highest BCUT2D eigenvalue weighted by Crippen LogP contribution is 2.12. The Morgan fingerprint density at radius 1 is 0.500 bits per heavy atom. The zero-order valence-corrected chi connectivity index (χ0v) is 28.3. The van der Waals surface area contributed by atoms with Gasteiger partial charge in [-0.3, -0.25) is 9.59 Å². The molecule has 0 aliphatic heterocycles. The average Bonchev–Trinajstić information content (AvgIpc) is 2.99. The molecule has 0 N–H and O–H groups in total. The maximum absolute atomic E-state index is 12.5. The molecule has 0 aromatic heterocycles.